The highest BCUT2D eigenvalue weighted by atomic mass is 16.3. The van der Waals surface area contributed by atoms with Crippen LogP contribution in [0.4, 0.5) is 5.95 Å². The summed E-state index contributed by atoms with van der Waals surface area (Å²) in [6.45, 7) is 1.72. The predicted molar refractivity (Wildman–Crippen MR) is 57.2 cm³/mol. The quantitative estimate of drug-likeness (QED) is 0.703. The number of phenols is 1. The van der Waals surface area contributed by atoms with Crippen LogP contribution in [0.15, 0.2) is 24.5 Å². The Morgan fingerprint density at radius 2 is 2.31 bits per heavy atom. The molecule has 0 unspecified atom stereocenters. The molecule has 0 radical (unpaired) electrons. The lowest BCUT2D eigenvalue weighted by Gasteiger charge is -2.05. The number of anilines is 1. The molecule has 0 aliphatic rings. The number of nitrogens with zero attached hydrogens (tertiary/aromatic N) is 2. The van der Waals surface area contributed by atoms with Crippen molar-refractivity contribution >= 4 is 11.9 Å². The van der Waals surface area contributed by atoms with Crippen molar-refractivity contribution in [3.63, 3.8) is 0 Å². The van der Waals surface area contributed by atoms with Crippen LogP contribution in [0.25, 0.3) is 0 Å². The van der Waals surface area contributed by atoms with Gasteiger partial charge in [0.1, 0.15) is 12.1 Å². The van der Waals surface area contributed by atoms with Gasteiger partial charge in [0.05, 0.1) is 5.56 Å². The first-order valence-electron chi connectivity index (χ1n) is 4.64. The van der Waals surface area contributed by atoms with Crippen LogP contribution in [0.2, 0.25) is 0 Å². The highest BCUT2D eigenvalue weighted by Crippen LogP contribution is 2.21. The molecule has 0 saturated heterocycles. The average Bonchev–Trinajstić information content (AvgIpc) is 2.74. The highest BCUT2D eigenvalue weighted by molar-refractivity contribution is 6.05. The SMILES string of the molecule is Cc1cccc(C(=O)Nc2nc[nH]n2)c1O. The Kier molecular flexibility index (Phi) is 2.55. The van der Waals surface area contributed by atoms with E-state index in [1.54, 1.807) is 19.1 Å². The van der Waals surface area contributed by atoms with Gasteiger partial charge in [-0.3, -0.25) is 15.2 Å². The zero-order chi connectivity index (χ0) is 11.5. The molecule has 0 spiro atoms. The van der Waals surface area contributed by atoms with E-state index in [0.717, 1.165) is 0 Å². The van der Waals surface area contributed by atoms with Crippen LogP contribution >= 0.6 is 0 Å². The largest absolute Gasteiger partial charge is 0.507 e. The fourth-order valence-corrected chi connectivity index (χ4v) is 1.28. The van der Waals surface area contributed by atoms with Crippen LogP contribution in [-0.2, 0) is 0 Å². The summed E-state index contributed by atoms with van der Waals surface area (Å²) in [6.07, 6.45) is 1.35. The van der Waals surface area contributed by atoms with E-state index >= 15 is 0 Å². The Hall–Kier alpha value is -2.37. The van der Waals surface area contributed by atoms with Crippen LogP contribution in [-0.4, -0.2) is 26.2 Å². The molecule has 82 valence electrons. The predicted octanol–water partition coefficient (Wildman–Crippen LogP) is 1.07. The van der Waals surface area contributed by atoms with E-state index in [-0.39, 0.29) is 17.3 Å². The topological polar surface area (TPSA) is 90.9 Å². The fourth-order valence-electron chi connectivity index (χ4n) is 1.28. The molecule has 0 bridgehead atoms. The molecule has 16 heavy (non-hydrogen) atoms. The summed E-state index contributed by atoms with van der Waals surface area (Å²) in [6, 6.07) is 4.95. The number of aromatic amines is 1. The summed E-state index contributed by atoms with van der Waals surface area (Å²) in [5.41, 5.74) is 0.840. The lowest BCUT2D eigenvalue weighted by molar-refractivity contribution is 0.102. The number of aromatic hydroxyl groups is 1. The summed E-state index contributed by atoms with van der Waals surface area (Å²) < 4.78 is 0. The van der Waals surface area contributed by atoms with Gasteiger partial charge in [-0.25, -0.2) is 4.98 Å². The number of hydrogen-bond donors (Lipinski definition) is 3. The van der Waals surface area contributed by atoms with Gasteiger partial charge in [-0.1, -0.05) is 12.1 Å². The number of phenolic OH excluding ortho intramolecular Hbond substituents is 1. The van der Waals surface area contributed by atoms with Gasteiger partial charge in [0.25, 0.3) is 5.91 Å². The number of aryl methyl sites for hydroxylation is 1. The summed E-state index contributed by atoms with van der Waals surface area (Å²) >= 11 is 0. The average molecular weight is 218 g/mol. The second-order valence-corrected chi connectivity index (χ2v) is 3.25. The van der Waals surface area contributed by atoms with Crippen molar-refractivity contribution in [3.05, 3.63) is 35.7 Å². The van der Waals surface area contributed by atoms with E-state index in [9.17, 15) is 9.90 Å². The maximum absolute atomic E-state index is 11.7. The molecule has 6 nitrogen and oxygen atoms in total. The van der Waals surface area contributed by atoms with E-state index in [1.165, 1.54) is 12.4 Å². The molecule has 0 atom stereocenters. The summed E-state index contributed by atoms with van der Waals surface area (Å²) in [7, 11) is 0. The smallest absolute Gasteiger partial charge is 0.261 e. The van der Waals surface area contributed by atoms with E-state index in [0.29, 0.717) is 5.56 Å². The molecule has 6 heteroatoms. The molecule has 0 fully saturated rings. The third kappa shape index (κ3) is 1.85. The molecule has 0 aliphatic heterocycles. The molecular weight excluding hydrogens is 208 g/mol. The van der Waals surface area contributed by atoms with Gasteiger partial charge in [0.2, 0.25) is 5.95 Å². The van der Waals surface area contributed by atoms with Crippen molar-refractivity contribution in [1.82, 2.24) is 15.2 Å². The number of carbonyl (C=O) groups excluding carboxylic acids is 1. The first-order chi connectivity index (χ1) is 7.68. The molecule has 3 N–H and O–H groups in total. The van der Waals surface area contributed by atoms with Gasteiger partial charge >= 0.3 is 0 Å². The summed E-state index contributed by atoms with van der Waals surface area (Å²) in [4.78, 5) is 15.5. The molecule has 2 aromatic rings. The van der Waals surface area contributed by atoms with Crippen molar-refractivity contribution in [1.29, 1.82) is 0 Å². The highest BCUT2D eigenvalue weighted by Gasteiger charge is 2.13. The normalized spacial score (nSPS) is 10.1. The summed E-state index contributed by atoms with van der Waals surface area (Å²) in [5, 5.41) is 18.3. The molecule has 1 heterocycles. The first-order valence-corrected chi connectivity index (χ1v) is 4.64. The standard InChI is InChI=1S/C10H10N4O2/c1-6-3-2-4-7(8(6)15)9(16)13-10-11-5-12-14-10/h2-5,15H,1H3,(H2,11,12,13,14,16). The number of hydrogen-bond acceptors (Lipinski definition) is 4. The molecule has 1 amide bonds. The molecular formula is C10H10N4O2. The molecule has 1 aromatic carbocycles. The van der Waals surface area contributed by atoms with Crippen molar-refractivity contribution in [2.75, 3.05) is 5.32 Å². The van der Waals surface area contributed by atoms with E-state index in [1.807, 2.05) is 0 Å². The molecule has 1 aromatic heterocycles. The van der Waals surface area contributed by atoms with E-state index < -0.39 is 5.91 Å². The molecule has 0 aliphatic carbocycles. The Labute approximate surface area is 91.3 Å². The van der Waals surface area contributed by atoms with Crippen LogP contribution in [0.3, 0.4) is 0 Å². The number of nitrogens with one attached hydrogen (secondary N) is 2. The number of para-hydroxylation sites is 1. The van der Waals surface area contributed by atoms with Crippen LogP contribution in [0.1, 0.15) is 15.9 Å². The second-order valence-electron chi connectivity index (χ2n) is 3.25. The minimum atomic E-state index is -0.444. The van der Waals surface area contributed by atoms with Crippen LogP contribution in [0, 0.1) is 6.92 Å². The Morgan fingerprint density at radius 1 is 1.50 bits per heavy atom. The molecule has 0 saturated carbocycles. The van der Waals surface area contributed by atoms with E-state index in [2.05, 4.69) is 20.5 Å². The van der Waals surface area contributed by atoms with Crippen LogP contribution < -0.4 is 5.32 Å². The van der Waals surface area contributed by atoms with Gasteiger partial charge < -0.3 is 5.11 Å². The zero-order valence-corrected chi connectivity index (χ0v) is 8.56. The number of aromatic nitrogens is 3. The van der Waals surface area contributed by atoms with Gasteiger partial charge in [0.15, 0.2) is 0 Å². The van der Waals surface area contributed by atoms with Crippen LogP contribution in [0.5, 0.6) is 5.75 Å². The maximum Gasteiger partial charge on any atom is 0.261 e. The van der Waals surface area contributed by atoms with Gasteiger partial charge in [-0.15, -0.1) is 5.10 Å². The number of rotatable bonds is 2. The second kappa shape index (κ2) is 4.01. The van der Waals surface area contributed by atoms with Crippen molar-refractivity contribution in [2.24, 2.45) is 0 Å². The Balaban J connectivity index is 2.24. The lowest BCUT2D eigenvalue weighted by atomic mass is 10.1. The number of carbonyl (C=O) groups is 1. The third-order valence-corrected chi connectivity index (χ3v) is 2.12. The lowest BCUT2D eigenvalue weighted by Crippen LogP contribution is -2.13. The number of amides is 1. The monoisotopic (exact) mass is 218 g/mol. The van der Waals surface area contributed by atoms with Gasteiger partial charge in [-0.2, -0.15) is 0 Å². The number of H-pyrrole nitrogens is 1. The Morgan fingerprint density at radius 3 is 3.00 bits per heavy atom. The minimum Gasteiger partial charge on any atom is -0.507 e. The molecule has 2 rings (SSSR count). The minimum absolute atomic E-state index is 0.0319. The zero-order valence-electron chi connectivity index (χ0n) is 8.56. The van der Waals surface area contributed by atoms with Crippen molar-refractivity contribution < 1.29 is 9.90 Å². The summed E-state index contributed by atoms with van der Waals surface area (Å²) in [5.74, 6) is -0.303. The van der Waals surface area contributed by atoms with Crippen molar-refractivity contribution in [2.45, 2.75) is 6.92 Å². The Bertz CT molecular complexity index is 508. The third-order valence-electron chi connectivity index (χ3n) is 2.12. The first kappa shape index (κ1) is 10.2. The number of benzene rings is 1. The van der Waals surface area contributed by atoms with Crippen molar-refractivity contribution in [3.8, 4) is 5.75 Å². The fraction of sp³-hybridized carbons (Fsp3) is 0.100. The van der Waals surface area contributed by atoms with Gasteiger partial charge in [0, 0.05) is 0 Å². The van der Waals surface area contributed by atoms with Gasteiger partial charge in [-0.05, 0) is 18.6 Å². The van der Waals surface area contributed by atoms with E-state index in [4.69, 9.17) is 0 Å². The maximum atomic E-state index is 11.7.